The molecule has 0 unspecified atom stereocenters. The van der Waals surface area contributed by atoms with Gasteiger partial charge in [0.25, 0.3) is 0 Å². The molecule has 0 saturated carbocycles. The number of hydrogen-bond acceptors (Lipinski definition) is 6. The number of fused-ring (bicyclic) bond motifs is 1. The number of rotatable bonds is 6. The molecule has 0 bridgehead atoms. The summed E-state index contributed by atoms with van der Waals surface area (Å²) in [6, 6.07) is 9.79. The lowest BCUT2D eigenvalue weighted by molar-refractivity contribution is -0.117. The van der Waals surface area contributed by atoms with Crippen LogP contribution in [0.25, 0.3) is 11.0 Å². The molecule has 26 heavy (non-hydrogen) atoms. The van der Waals surface area contributed by atoms with Crippen LogP contribution in [0.1, 0.15) is 16.7 Å². The average Bonchev–Trinajstić information content (AvgIpc) is 3.04. The number of ether oxygens (including phenoxy) is 1. The summed E-state index contributed by atoms with van der Waals surface area (Å²) in [7, 11) is 3.61. The van der Waals surface area contributed by atoms with E-state index in [1.165, 1.54) is 0 Å². The van der Waals surface area contributed by atoms with E-state index in [0.29, 0.717) is 12.2 Å². The molecule has 0 atom stereocenters. The van der Waals surface area contributed by atoms with Gasteiger partial charge in [0.15, 0.2) is 0 Å². The fourth-order valence-electron chi connectivity index (χ4n) is 3.16. The number of carbonyl (C=O) groups excluding carboxylic acids is 1. The minimum Gasteiger partial charge on any atom is -0.496 e. The number of nitrogens with zero attached hydrogens (tertiary/aromatic N) is 3. The van der Waals surface area contributed by atoms with E-state index in [1.54, 1.807) is 7.11 Å². The molecule has 136 valence electrons. The monoisotopic (exact) mass is 370 g/mol. The van der Waals surface area contributed by atoms with Crippen LogP contribution in [0.15, 0.2) is 30.3 Å². The van der Waals surface area contributed by atoms with Crippen LogP contribution in [0.4, 0.5) is 5.69 Å². The fraction of sp³-hybridized carbons (Fsp3) is 0.316. The first-order valence-electron chi connectivity index (χ1n) is 8.31. The van der Waals surface area contributed by atoms with Gasteiger partial charge in [-0.25, -0.2) is 0 Å². The molecule has 1 aromatic heterocycles. The summed E-state index contributed by atoms with van der Waals surface area (Å²) in [4.78, 5) is 14.4. The van der Waals surface area contributed by atoms with Crippen molar-refractivity contribution in [3.8, 4) is 5.75 Å². The molecule has 2 aromatic carbocycles. The zero-order valence-corrected chi connectivity index (χ0v) is 16.2. The maximum atomic E-state index is 12.4. The van der Waals surface area contributed by atoms with Crippen molar-refractivity contribution in [1.82, 2.24) is 13.6 Å². The van der Waals surface area contributed by atoms with Crippen LogP contribution in [0.2, 0.25) is 0 Å². The van der Waals surface area contributed by atoms with Gasteiger partial charge in [-0.05, 0) is 49.7 Å². The summed E-state index contributed by atoms with van der Waals surface area (Å²) < 4.78 is 13.8. The second-order valence-electron chi connectivity index (χ2n) is 6.42. The first-order chi connectivity index (χ1) is 12.5. The Bertz CT molecular complexity index is 915. The number of aryl methyl sites for hydroxylation is 2. The topological polar surface area (TPSA) is 67.3 Å². The third-order valence-electron chi connectivity index (χ3n) is 4.15. The molecular formula is C19H22N4O2S. The molecule has 0 aliphatic carbocycles. The number of methoxy groups -OCH3 is 1. The van der Waals surface area contributed by atoms with E-state index in [-0.39, 0.29) is 12.5 Å². The summed E-state index contributed by atoms with van der Waals surface area (Å²) in [5.41, 5.74) is 5.58. The SMILES string of the molecule is COc1c(C)cc(CN(C)CC(=O)Nc2cccc3nsnc23)cc1C. The van der Waals surface area contributed by atoms with Gasteiger partial charge in [-0.2, -0.15) is 8.75 Å². The third-order valence-corrected chi connectivity index (χ3v) is 4.69. The molecule has 1 amide bonds. The van der Waals surface area contributed by atoms with Crippen LogP contribution in [-0.2, 0) is 11.3 Å². The Morgan fingerprint density at radius 3 is 2.65 bits per heavy atom. The summed E-state index contributed by atoms with van der Waals surface area (Å²) in [5, 5.41) is 2.93. The van der Waals surface area contributed by atoms with Gasteiger partial charge in [0.1, 0.15) is 16.8 Å². The first-order valence-corrected chi connectivity index (χ1v) is 9.04. The molecule has 0 radical (unpaired) electrons. The van der Waals surface area contributed by atoms with Gasteiger partial charge < -0.3 is 10.1 Å². The van der Waals surface area contributed by atoms with Gasteiger partial charge in [-0.3, -0.25) is 9.69 Å². The maximum Gasteiger partial charge on any atom is 0.238 e. The predicted molar refractivity (Wildman–Crippen MR) is 105 cm³/mol. The van der Waals surface area contributed by atoms with Crippen molar-refractivity contribution in [3.05, 3.63) is 47.0 Å². The van der Waals surface area contributed by atoms with Crippen LogP contribution in [0.3, 0.4) is 0 Å². The van der Waals surface area contributed by atoms with Crippen molar-refractivity contribution in [1.29, 1.82) is 0 Å². The highest BCUT2D eigenvalue weighted by Crippen LogP contribution is 2.25. The van der Waals surface area contributed by atoms with E-state index >= 15 is 0 Å². The Kier molecular flexibility index (Phi) is 5.49. The van der Waals surface area contributed by atoms with E-state index in [9.17, 15) is 4.79 Å². The van der Waals surface area contributed by atoms with Gasteiger partial charge in [0, 0.05) is 6.54 Å². The number of carbonyl (C=O) groups is 1. The molecule has 3 rings (SSSR count). The molecule has 7 heteroatoms. The fourth-order valence-corrected chi connectivity index (χ4v) is 3.71. The molecule has 0 aliphatic rings. The predicted octanol–water partition coefficient (Wildman–Crippen LogP) is 3.39. The maximum absolute atomic E-state index is 12.4. The quantitative estimate of drug-likeness (QED) is 0.720. The lowest BCUT2D eigenvalue weighted by atomic mass is 10.1. The van der Waals surface area contributed by atoms with Crippen LogP contribution >= 0.6 is 11.7 Å². The molecule has 0 spiro atoms. The minimum atomic E-state index is -0.0741. The summed E-state index contributed by atoms with van der Waals surface area (Å²) in [6.45, 7) is 5.04. The Morgan fingerprint density at radius 2 is 1.96 bits per heavy atom. The van der Waals surface area contributed by atoms with Crippen molar-refractivity contribution in [2.45, 2.75) is 20.4 Å². The van der Waals surface area contributed by atoms with Crippen LogP contribution in [-0.4, -0.2) is 40.3 Å². The molecule has 0 fully saturated rings. The number of nitrogens with one attached hydrogen (secondary N) is 1. The van der Waals surface area contributed by atoms with Crippen LogP contribution in [0, 0.1) is 13.8 Å². The molecule has 1 heterocycles. The largest absolute Gasteiger partial charge is 0.496 e. The number of hydrogen-bond donors (Lipinski definition) is 1. The standard InChI is InChI=1S/C19H22N4O2S/c1-12-8-14(9-13(2)19(12)25-4)10-23(3)11-17(24)20-15-6-5-7-16-18(15)22-26-21-16/h5-9H,10-11H2,1-4H3,(H,20,24). The van der Waals surface area contributed by atoms with E-state index in [4.69, 9.17) is 4.74 Å². The van der Waals surface area contributed by atoms with Crippen molar-refractivity contribution < 1.29 is 9.53 Å². The number of amides is 1. The number of likely N-dealkylation sites (N-methyl/N-ethyl adjacent to an activating group) is 1. The van der Waals surface area contributed by atoms with Crippen molar-refractivity contribution in [2.75, 3.05) is 26.0 Å². The number of benzene rings is 2. The average molecular weight is 370 g/mol. The lowest BCUT2D eigenvalue weighted by Crippen LogP contribution is -2.30. The highest BCUT2D eigenvalue weighted by atomic mass is 32.1. The van der Waals surface area contributed by atoms with Gasteiger partial charge in [0.05, 0.1) is 31.1 Å². The normalized spacial score (nSPS) is 11.1. The number of aromatic nitrogens is 2. The highest BCUT2D eigenvalue weighted by Gasteiger charge is 2.12. The molecule has 0 aliphatic heterocycles. The molecule has 0 saturated heterocycles. The molecule has 1 N–H and O–H groups in total. The summed E-state index contributed by atoms with van der Waals surface area (Å²) >= 11 is 1.14. The molecule has 6 nitrogen and oxygen atoms in total. The first kappa shape index (κ1) is 18.3. The van der Waals surface area contributed by atoms with Gasteiger partial charge in [0.2, 0.25) is 5.91 Å². The van der Waals surface area contributed by atoms with E-state index in [2.05, 4.69) is 26.2 Å². The molecular weight excluding hydrogens is 348 g/mol. The Morgan fingerprint density at radius 1 is 1.23 bits per heavy atom. The van der Waals surface area contributed by atoms with Crippen LogP contribution in [0.5, 0.6) is 5.75 Å². The zero-order chi connectivity index (χ0) is 18.7. The van der Waals surface area contributed by atoms with Crippen molar-refractivity contribution in [3.63, 3.8) is 0 Å². The molecule has 3 aromatic rings. The third kappa shape index (κ3) is 4.00. The van der Waals surface area contributed by atoms with Gasteiger partial charge >= 0.3 is 0 Å². The van der Waals surface area contributed by atoms with E-state index in [0.717, 1.165) is 45.2 Å². The second kappa shape index (κ2) is 7.80. The Labute approximate surface area is 157 Å². The van der Waals surface area contributed by atoms with E-state index in [1.807, 2.05) is 44.0 Å². The van der Waals surface area contributed by atoms with Gasteiger partial charge in [-0.15, -0.1) is 0 Å². The number of anilines is 1. The van der Waals surface area contributed by atoms with Crippen molar-refractivity contribution >= 4 is 34.4 Å². The zero-order valence-electron chi connectivity index (χ0n) is 15.4. The Balaban J connectivity index is 1.64. The van der Waals surface area contributed by atoms with Gasteiger partial charge in [-0.1, -0.05) is 18.2 Å². The summed E-state index contributed by atoms with van der Waals surface area (Å²) in [5.74, 6) is 0.842. The lowest BCUT2D eigenvalue weighted by Gasteiger charge is -2.18. The smallest absolute Gasteiger partial charge is 0.238 e. The van der Waals surface area contributed by atoms with Crippen LogP contribution < -0.4 is 10.1 Å². The van der Waals surface area contributed by atoms with Crippen molar-refractivity contribution in [2.24, 2.45) is 0 Å². The van der Waals surface area contributed by atoms with E-state index < -0.39 is 0 Å². The summed E-state index contributed by atoms with van der Waals surface area (Å²) in [6.07, 6.45) is 0. The Hall–Kier alpha value is -2.51. The second-order valence-corrected chi connectivity index (χ2v) is 6.95. The minimum absolute atomic E-state index is 0.0741. The highest BCUT2D eigenvalue weighted by molar-refractivity contribution is 7.00.